The number of rotatable bonds is 6. The van der Waals surface area contributed by atoms with Gasteiger partial charge in [-0.15, -0.1) is 11.3 Å². The molecule has 0 atom stereocenters. The molecule has 0 aliphatic rings. The summed E-state index contributed by atoms with van der Waals surface area (Å²) in [7, 11) is 0. The number of fused-ring (bicyclic) bond motifs is 1. The van der Waals surface area contributed by atoms with Crippen LogP contribution in [0.25, 0.3) is 10.2 Å². The Morgan fingerprint density at radius 2 is 1.67 bits per heavy atom. The summed E-state index contributed by atoms with van der Waals surface area (Å²) in [5.74, 6) is 0.199. The molecule has 168 valence electrons. The highest BCUT2D eigenvalue weighted by Crippen LogP contribution is 2.31. The number of carbonyl (C=O) groups is 2. The number of nitrogens with one attached hydrogen (secondary N) is 3. The van der Waals surface area contributed by atoms with Crippen molar-refractivity contribution in [3.05, 3.63) is 77.4 Å². The largest absolute Gasteiger partial charge is 0.325 e. The van der Waals surface area contributed by atoms with E-state index in [1.165, 1.54) is 23.1 Å². The zero-order chi connectivity index (χ0) is 23.4. The summed E-state index contributed by atoms with van der Waals surface area (Å²) in [5.41, 5.74) is 6.40. The van der Waals surface area contributed by atoms with E-state index in [0.29, 0.717) is 5.69 Å². The number of thiazole rings is 1. The standard InChI is InChI=1S/C25H24N4O2S2/c1-15-7-9-18(10-8-15)26-23(30)14-32-25-29-21-12-11-19(13-22(21)33-25)27-24(31)28-20-6-4-5-16(2)17(20)3/h4-13H,14H2,1-3H3,(H,26,30)(H2,27,28,31). The first-order valence-corrected chi connectivity index (χ1v) is 12.2. The zero-order valence-corrected chi connectivity index (χ0v) is 20.2. The molecule has 3 N–H and O–H groups in total. The molecule has 3 amide bonds. The molecule has 0 spiro atoms. The molecule has 0 saturated heterocycles. The van der Waals surface area contributed by atoms with Crippen molar-refractivity contribution in [3.63, 3.8) is 0 Å². The highest BCUT2D eigenvalue weighted by Gasteiger charge is 2.11. The van der Waals surface area contributed by atoms with Crippen molar-refractivity contribution >= 4 is 62.3 Å². The molecule has 0 saturated carbocycles. The van der Waals surface area contributed by atoms with Gasteiger partial charge in [0.2, 0.25) is 5.91 Å². The van der Waals surface area contributed by atoms with Crippen LogP contribution in [0.1, 0.15) is 16.7 Å². The fourth-order valence-electron chi connectivity index (χ4n) is 3.18. The van der Waals surface area contributed by atoms with E-state index in [1.807, 2.05) is 81.4 Å². The van der Waals surface area contributed by atoms with Gasteiger partial charge in [0, 0.05) is 17.1 Å². The predicted octanol–water partition coefficient (Wildman–Crippen LogP) is 6.60. The van der Waals surface area contributed by atoms with Gasteiger partial charge in [0.05, 0.1) is 16.0 Å². The second kappa shape index (κ2) is 10.1. The molecule has 4 rings (SSSR count). The minimum atomic E-state index is -0.296. The third-order valence-corrected chi connectivity index (χ3v) is 7.30. The summed E-state index contributed by atoms with van der Waals surface area (Å²) >= 11 is 2.89. The first-order chi connectivity index (χ1) is 15.9. The summed E-state index contributed by atoms with van der Waals surface area (Å²) in [4.78, 5) is 29.3. The molecule has 0 radical (unpaired) electrons. The maximum atomic E-state index is 12.4. The third-order valence-electron chi connectivity index (χ3n) is 5.14. The monoisotopic (exact) mass is 476 g/mol. The number of carbonyl (C=O) groups excluding carboxylic acids is 2. The second-order valence-electron chi connectivity index (χ2n) is 7.69. The number of urea groups is 1. The summed E-state index contributed by atoms with van der Waals surface area (Å²) in [6.45, 7) is 6.00. The third kappa shape index (κ3) is 5.91. The lowest BCUT2D eigenvalue weighted by molar-refractivity contribution is -0.113. The van der Waals surface area contributed by atoms with Gasteiger partial charge < -0.3 is 16.0 Å². The molecule has 6 nitrogen and oxygen atoms in total. The predicted molar refractivity (Wildman–Crippen MR) is 139 cm³/mol. The Hall–Kier alpha value is -3.36. The smallest absolute Gasteiger partial charge is 0.323 e. The number of benzene rings is 3. The molecule has 0 bridgehead atoms. The average molecular weight is 477 g/mol. The molecule has 1 aromatic heterocycles. The molecule has 0 fully saturated rings. The van der Waals surface area contributed by atoms with E-state index < -0.39 is 0 Å². The minimum absolute atomic E-state index is 0.0754. The minimum Gasteiger partial charge on any atom is -0.325 e. The number of hydrogen-bond acceptors (Lipinski definition) is 5. The average Bonchev–Trinajstić information content (AvgIpc) is 3.19. The van der Waals surface area contributed by atoms with E-state index >= 15 is 0 Å². The molecular formula is C25H24N4O2S2. The van der Waals surface area contributed by atoms with Gasteiger partial charge in [-0.3, -0.25) is 4.79 Å². The van der Waals surface area contributed by atoms with Crippen molar-refractivity contribution in [2.24, 2.45) is 0 Å². The first-order valence-electron chi connectivity index (χ1n) is 10.4. The first kappa shape index (κ1) is 22.8. The SMILES string of the molecule is Cc1ccc(NC(=O)CSc2nc3ccc(NC(=O)Nc4cccc(C)c4C)cc3s2)cc1. The highest BCUT2D eigenvalue weighted by atomic mass is 32.2. The van der Waals surface area contributed by atoms with E-state index in [1.54, 1.807) is 0 Å². The number of nitrogens with zero attached hydrogens (tertiary/aromatic N) is 1. The Morgan fingerprint density at radius 3 is 2.45 bits per heavy atom. The molecule has 0 aliphatic carbocycles. The van der Waals surface area contributed by atoms with Gasteiger partial charge >= 0.3 is 6.03 Å². The van der Waals surface area contributed by atoms with Crippen molar-refractivity contribution in [2.75, 3.05) is 21.7 Å². The Morgan fingerprint density at radius 1 is 0.909 bits per heavy atom. The van der Waals surface area contributed by atoms with Gasteiger partial charge in [-0.25, -0.2) is 9.78 Å². The Balaban J connectivity index is 1.35. The molecule has 8 heteroatoms. The molecule has 0 aliphatic heterocycles. The number of aromatic nitrogens is 1. The summed E-state index contributed by atoms with van der Waals surface area (Å²) < 4.78 is 1.75. The van der Waals surface area contributed by atoms with Crippen LogP contribution in [0, 0.1) is 20.8 Å². The van der Waals surface area contributed by atoms with Crippen LogP contribution < -0.4 is 16.0 Å². The van der Waals surface area contributed by atoms with Crippen LogP contribution in [0.15, 0.2) is 65.0 Å². The highest BCUT2D eigenvalue weighted by molar-refractivity contribution is 8.01. The van der Waals surface area contributed by atoms with Crippen LogP contribution in [-0.2, 0) is 4.79 Å². The lowest BCUT2D eigenvalue weighted by Gasteiger charge is -2.11. The van der Waals surface area contributed by atoms with Gasteiger partial charge in [0.1, 0.15) is 0 Å². The number of hydrogen-bond donors (Lipinski definition) is 3. The number of anilines is 3. The van der Waals surface area contributed by atoms with Crippen molar-refractivity contribution in [1.29, 1.82) is 0 Å². The van der Waals surface area contributed by atoms with Crippen LogP contribution in [0.4, 0.5) is 21.9 Å². The molecule has 33 heavy (non-hydrogen) atoms. The Bertz CT molecular complexity index is 1320. The molecule has 4 aromatic rings. The lowest BCUT2D eigenvalue weighted by Crippen LogP contribution is -2.20. The maximum Gasteiger partial charge on any atom is 0.323 e. The fraction of sp³-hybridized carbons (Fsp3) is 0.160. The summed E-state index contributed by atoms with van der Waals surface area (Å²) in [5, 5.41) is 8.67. The molecule has 0 unspecified atom stereocenters. The van der Waals surface area contributed by atoms with Crippen molar-refractivity contribution in [1.82, 2.24) is 4.98 Å². The maximum absolute atomic E-state index is 12.4. The number of aryl methyl sites for hydroxylation is 2. The van der Waals surface area contributed by atoms with E-state index in [0.717, 1.165) is 42.6 Å². The molecular weight excluding hydrogens is 452 g/mol. The van der Waals surface area contributed by atoms with Crippen LogP contribution in [0.2, 0.25) is 0 Å². The van der Waals surface area contributed by atoms with Crippen LogP contribution >= 0.6 is 23.1 Å². The summed E-state index contributed by atoms with van der Waals surface area (Å²) in [6.07, 6.45) is 0. The van der Waals surface area contributed by atoms with Crippen molar-refractivity contribution in [2.45, 2.75) is 25.1 Å². The topological polar surface area (TPSA) is 83.1 Å². The summed E-state index contributed by atoms with van der Waals surface area (Å²) in [6, 6.07) is 18.8. The van der Waals surface area contributed by atoms with Crippen LogP contribution in [-0.4, -0.2) is 22.7 Å². The molecule has 3 aromatic carbocycles. The van der Waals surface area contributed by atoms with Crippen LogP contribution in [0.5, 0.6) is 0 Å². The van der Waals surface area contributed by atoms with E-state index in [2.05, 4.69) is 20.9 Å². The second-order valence-corrected chi connectivity index (χ2v) is 9.94. The van der Waals surface area contributed by atoms with Gasteiger partial charge in [0.25, 0.3) is 0 Å². The lowest BCUT2D eigenvalue weighted by atomic mass is 10.1. The van der Waals surface area contributed by atoms with Gasteiger partial charge in [-0.1, -0.05) is 41.6 Å². The van der Waals surface area contributed by atoms with E-state index in [-0.39, 0.29) is 17.7 Å². The van der Waals surface area contributed by atoms with Crippen molar-refractivity contribution in [3.8, 4) is 0 Å². The van der Waals surface area contributed by atoms with E-state index in [4.69, 9.17) is 0 Å². The zero-order valence-electron chi connectivity index (χ0n) is 18.6. The van der Waals surface area contributed by atoms with Gasteiger partial charge in [0.15, 0.2) is 4.34 Å². The number of amides is 3. The quantitative estimate of drug-likeness (QED) is 0.274. The van der Waals surface area contributed by atoms with Crippen molar-refractivity contribution < 1.29 is 9.59 Å². The van der Waals surface area contributed by atoms with Gasteiger partial charge in [-0.05, 0) is 68.3 Å². The van der Waals surface area contributed by atoms with E-state index in [9.17, 15) is 9.59 Å². The Kier molecular flexibility index (Phi) is 6.96. The Labute approximate surface area is 200 Å². The normalized spacial score (nSPS) is 10.8. The fourth-order valence-corrected chi connectivity index (χ4v) is 5.08. The molecule has 1 heterocycles. The number of thioether (sulfide) groups is 1. The van der Waals surface area contributed by atoms with Crippen LogP contribution in [0.3, 0.4) is 0 Å². The van der Waals surface area contributed by atoms with Gasteiger partial charge in [-0.2, -0.15) is 0 Å².